The van der Waals surface area contributed by atoms with Crippen molar-refractivity contribution < 1.29 is 9.90 Å². The predicted octanol–water partition coefficient (Wildman–Crippen LogP) is 4.59. The molecule has 0 aliphatic carbocycles. The van der Waals surface area contributed by atoms with E-state index in [1.807, 2.05) is 0 Å². The molecule has 0 unspecified atom stereocenters. The molecule has 2 aromatic rings. The maximum atomic E-state index is 10.9. The number of anilines is 2. The van der Waals surface area contributed by atoms with E-state index in [1.165, 1.54) is 6.07 Å². The van der Waals surface area contributed by atoms with Crippen molar-refractivity contribution in [1.82, 2.24) is 4.98 Å². The lowest BCUT2D eigenvalue weighted by molar-refractivity contribution is 0.0691. The average Bonchev–Trinajstić information content (AvgIpc) is 2.37. The molecular formula is C12H7BrCl2N2O2. The molecule has 0 aliphatic heterocycles. The van der Waals surface area contributed by atoms with Crippen molar-refractivity contribution in [1.29, 1.82) is 0 Å². The molecule has 4 nitrogen and oxygen atoms in total. The topological polar surface area (TPSA) is 62.2 Å². The third-order valence-corrected chi connectivity index (χ3v) is 3.97. The summed E-state index contributed by atoms with van der Waals surface area (Å²) in [5, 5.41) is 12.5. The molecule has 0 fully saturated rings. The fraction of sp³-hybridized carbons (Fsp3) is 0. The minimum absolute atomic E-state index is 0.0863. The first-order valence-corrected chi connectivity index (χ1v) is 6.65. The van der Waals surface area contributed by atoms with Gasteiger partial charge >= 0.3 is 5.97 Å². The number of rotatable bonds is 3. The van der Waals surface area contributed by atoms with Gasteiger partial charge in [-0.2, -0.15) is 0 Å². The number of nitrogens with one attached hydrogen (secondary N) is 1. The molecule has 0 bridgehead atoms. The van der Waals surface area contributed by atoms with Gasteiger partial charge in [-0.05, 0) is 40.2 Å². The first kappa shape index (κ1) is 14.1. The summed E-state index contributed by atoms with van der Waals surface area (Å²) in [6, 6.07) is 8.34. The van der Waals surface area contributed by atoms with E-state index in [0.717, 1.165) is 0 Å². The quantitative estimate of drug-likeness (QED) is 0.839. The van der Waals surface area contributed by atoms with Crippen molar-refractivity contribution >= 4 is 56.6 Å². The SMILES string of the molecule is O=C(O)c1nc(Nc2cccc(Cl)c2Br)ccc1Cl. The summed E-state index contributed by atoms with van der Waals surface area (Å²) in [5.41, 5.74) is 0.475. The van der Waals surface area contributed by atoms with Gasteiger partial charge in [-0.1, -0.05) is 29.3 Å². The third-order valence-electron chi connectivity index (χ3n) is 2.26. The van der Waals surface area contributed by atoms with Crippen LogP contribution < -0.4 is 5.32 Å². The maximum absolute atomic E-state index is 10.9. The molecule has 0 aliphatic rings. The molecule has 1 aromatic carbocycles. The van der Waals surface area contributed by atoms with Gasteiger partial charge in [0.2, 0.25) is 0 Å². The second-order valence-electron chi connectivity index (χ2n) is 3.56. The van der Waals surface area contributed by atoms with Gasteiger partial charge in [0.05, 0.1) is 20.2 Å². The molecule has 1 heterocycles. The predicted molar refractivity (Wildman–Crippen MR) is 78.6 cm³/mol. The summed E-state index contributed by atoms with van der Waals surface area (Å²) in [6.07, 6.45) is 0. The van der Waals surface area contributed by atoms with Gasteiger partial charge in [0.1, 0.15) is 5.82 Å². The van der Waals surface area contributed by atoms with E-state index < -0.39 is 5.97 Å². The summed E-state index contributed by atoms with van der Waals surface area (Å²) in [7, 11) is 0. The number of benzene rings is 1. The Morgan fingerprint density at radius 1 is 1.21 bits per heavy atom. The van der Waals surface area contributed by atoms with Gasteiger partial charge in [0, 0.05) is 0 Å². The molecule has 0 spiro atoms. The molecule has 0 saturated heterocycles. The fourth-order valence-electron chi connectivity index (χ4n) is 1.40. The zero-order valence-corrected chi connectivity index (χ0v) is 12.4. The Labute approximate surface area is 127 Å². The number of hydrogen-bond acceptors (Lipinski definition) is 3. The highest BCUT2D eigenvalue weighted by atomic mass is 79.9. The molecule has 0 atom stereocenters. The number of aromatic nitrogens is 1. The van der Waals surface area contributed by atoms with Crippen LogP contribution >= 0.6 is 39.1 Å². The molecule has 0 amide bonds. The summed E-state index contributed by atoms with van der Waals surface area (Å²) >= 11 is 15.0. The molecule has 2 N–H and O–H groups in total. The van der Waals surface area contributed by atoms with Crippen molar-refractivity contribution in [3.8, 4) is 0 Å². The van der Waals surface area contributed by atoms with Gasteiger partial charge in [-0.15, -0.1) is 0 Å². The summed E-state index contributed by atoms with van der Waals surface area (Å²) < 4.78 is 0.672. The number of aromatic carboxylic acids is 1. The summed E-state index contributed by atoms with van der Waals surface area (Å²) in [4.78, 5) is 14.9. The number of carboxylic acids is 1. The molecule has 1 aromatic heterocycles. The van der Waals surface area contributed by atoms with Crippen molar-refractivity contribution in [3.63, 3.8) is 0 Å². The van der Waals surface area contributed by atoms with Crippen LogP contribution in [0.25, 0.3) is 0 Å². The fourth-order valence-corrected chi connectivity index (χ4v) is 2.12. The van der Waals surface area contributed by atoms with E-state index in [-0.39, 0.29) is 10.7 Å². The van der Waals surface area contributed by atoms with Crippen LogP contribution in [0.2, 0.25) is 10.0 Å². The van der Waals surface area contributed by atoms with E-state index >= 15 is 0 Å². The van der Waals surface area contributed by atoms with Gasteiger partial charge in [0.15, 0.2) is 5.69 Å². The lowest BCUT2D eigenvalue weighted by atomic mass is 10.3. The number of carbonyl (C=O) groups is 1. The van der Waals surface area contributed by atoms with Crippen LogP contribution in [0.3, 0.4) is 0 Å². The number of hydrogen-bond donors (Lipinski definition) is 2. The highest BCUT2D eigenvalue weighted by Gasteiger charge is 2.12. The lowest BCUT2D eigenvalue weighted by Gasteiger charge is -2.09. The molecule has 2 rings (SSSR count). The zero-order chi connectivity index (χ0) is 14.0. The molecule has 0 radical (unpaired) electrons. The van der Waals surface area contributed by atoms with Gasteiger partial charge in [0.25, 0.3) is 0 Å². The highest BCUT2D eigenvalue weighted by Crippen LogP contribution is 2.32. The number of halogens is 3. The van der Waals surface area contributed by atoms with Crippen LogP contribution in [0.1, 0.15) is 10.5 Å². The second kappa shape index (κ2) is 5.77. The molecular weight excluding hydrogens is 355 g/mol. The Bertz CT molecular complexity index is 650. The third kappa shape index (κ3) is 3.18. The van der Waals surface area contributed by atoms with E-state index in [1.54, 1.807) is 24.3 Å². The molecule has 98 valence electrons. The van der Waals surface area contributed by atoms with Crippen molar-refractivity contribution in [2.45, 2.75) is 0 Å². The van der Waals surface area contributed by atoms with Gasteiger partial charge in [-0.3, -0.25) is 0 Å². The number of pyridine rings is 1. The van der Waals surface area contributed by atoms with E-state index in [9.17, 15) is 4.79 Å². The maximum Gasteiger partial charge on any atom is 0.356 e. The second-order valence-corrected chi connectivity index (χ2v) is 5.17. The molecule has 7 heteroatoms. The highest BCUT2D eigenvalue weighted by molar-refractivity contribution is 9.10. The zero-order valence-electron chi connectivity index (χ0n) is 9.32. The Morgan fingerprint density at radius 2 is 1.95 bits per heavy atom. The Hall–Kier alpha value is -1.30. The van der Waals surface area contributed by atoms with Crippen LogP contribution in [0.4, 0.5) is 11.5 Å². The Morgan fingerprint density at radius 3 is 2.63 bits per heavy atom. The Kier molecular flexibility index (Phi) is 4.29. The molecule has 0 saturated carbocycles. The van der Waals surface area contributed by atoms with Crippen LogP contribution in [0.5, 0.6) is 0 Å². The number of carboxylic acid groups (broad SMARTS) is 1. The first-order chi connectivity index (χ1) is 8.99. The van der Waals surface area contributed by atoms with Gasteiger partial charge < -0.3 is 10.4 Å². The summed E-state index contributed by atoms with van der Waals surface area (Å²) in [5.74, 6) is -0.816. The minimum Gasteiger partial charge on any atom is -0.476 e. The minimum atomic E-state index is -1.18. The van der Waals surface area contributed by atoms with Crippen molar-refractivity contribution in [2.24, 2.45) is 0 Å². The van der Waals surface area contributed by atoms with Crippen LogP contribution in [-0.4, -0.2) is 16.1 Å². The van der Waals surface area contributed by atoms with Gasteiger partial charge in [-0.25, -0.2) is 9.78 Å². The smallest absolute Gasteiger partial charge is 0.356 e. The number of nitrogens with zero attached hydrogens (tertiary/aromatic N) is 1. The Balaban J connectivity index is 2.36. The monoisotopic (exact) mass is 360 g/mol. The van der Waals surface area contributed by atoms with Crippen molar-refractivity contribution in [2.75, 3.05) is 5.32 Å². The van der Waals surface area contributed by atoms with Crippen LogP contribution in [-0.2, 0) is 0 Å². The van der Waals surface area contributed by atoms with Crippen LogP contribution in [0.15, 0.2) is 34.8 Å². The summed E-state index contributed by atoms with van der Waals surface area (Å²) in [6.45, 7) is 0. The van der Waals surface area contributed by atoms with E-state index in [4.69, 9.17) is 28.3 Å². The van der Waals surface area contributed by atoms with E-state index in [0.29, 0.717) is 21.0 Å². The first-order valence-electron chi connectivity index (χ1n) is 5.10. The largest absolute Gasteiger partial charge is 0.476 e. The van der Waals surface area contributed by atoms with E-state index in [2.05, 4.69) is 26.2 Å². The normalized spacial score (nSPS) is 10.3. The molecule has 19 heavy (non-hydrogen) atoms. The standard InChI is InChI=1S/C12H7BrCl2N2O2/c13-10-6(14)2-1-3-8(10)16-9-5-4-7(15)11(17-9)12(18)19/h1-5H,(H,16,17)(H,18,19). The van der Waals surface area contributed by atoms with Crippen LogP contribution in [0, 0.1) is 0 Å². The van der Waals surface area contributed by atoms with Crippen molar-refractivity contribution in [3.05, 3.63) is 50.5 Å². The average molecular weight is 362 g/mol. The lowest BCUT2D eigenvalue weighted by Crippen LogP contribution is -2.04.